The monoisotopic (exact) mass is 270 g/mol. The highest BCUT2D eigenvalue weighted by atomic mass is 15.3. The van der Waals surface area contributed by atoms with E-state index in [2.05, 4.69) is 35.8 Å². The number of aromatic nitrogens is 1. The second-order valence-electron chi connectivity index (χ2n) is 5.85. The third-order valence-electron chi connectivity index (χ3n) is 4.62. The minimum absolute atomic E-state index is 0.523. The first-order valence-corrected chi connectivity index (χ1v) is 7.64. The van der Waals surface area contributed by atoms with E-state index in [4.69, 9.17) is 4.98 Å². The molecule has 1 aromatic heterocycles. The van der Waals surface area contributed by atoms with Gasteiger partial charge in [0.15, 0.2) is 0 Å². The van der Waals surface area contributed by atoms with Crippen LogP contribution in [0.5, 0.6) is 0 Å². The average molecular weight is 270 g/mol. The molecule has 3 rings (SSSR count). The van der Waals surface area contributed by atoms with Crippen molar-refractivity contribution in [2.75, 3.05) is 31.1 Å². The van der Waals surface area contributed by atoms with Gasteiger partial charge in [0.05, 0.1) is 5.56 Å². The van der Waals surface area contributed by atoms with Gasteiger partial charge in [-0.25, -0.2) is 4.98 Å². The van der Waals surface area contributed by atoms with Crippen LogP contribution in [-0.4, -0.2) is 42.1 Å². The molecule has 1 atom stereocenters. The van der Waals surface area contributed by atoms with Crippen LogP contribution in [0.3, 0.4) is 0 Å². The van der Waals surface area contributed by atoms with E-state index in [1.54, 1.807) is 0 Å². The second-order valence-corrected chi connectivity index (χ2v) is 5.85. The van der Waals surface area contributed by atoms with Crippen LogP contribution in [0.4, 0.5) is 5.82 Å². The summed E-state index contributed by atoms with van der Waals surface area (Å²) in [4.78, 5) is 9.60. The molecule has 4 heteroatoms. The van der Waals surface area contributed by atoms with Crippen LogP contribution in [0.15, 0.2) is 6.07 Å². The first-order valence-electron chi connectivity index (χ1n) is 7.64. The van der Waals surface area contributed by atoms with E-state index in [0.29, 0.717) is 6.04 Å². The minimum Gasteiger partial charge on any atom is -0.353 e. The highest BCUT2D eigenvalue weighted by Crippen LogP contribution is 2.28. The Morgan fingerprint density at radius 2 is 2.25 bits per heavy atom. The number of aryl methyl sites for hydroxylation is 2. The second kappa shape index (κ2) is 5.41. The number of nitriles is 1. The normalized spacial score (nSPS) is 22.6. The molecule has 1 aromatic rings. The molecule has 1 aliphatic carbocycles. The lowest BCUT2D eigenvalue weighted by molar-refractivity contribution is 0.199. The largest absolute Gasteiger partial charge is 0.353 e. The standard InChI is InChI=1S/C16H22N4/c1-3-19-7-8-20(11-12(19)2)16-14(10-17)9-13-5-4-6-15(13)18-16/h9,12H,3-8,11H2,1-2H3. The number of pyridine rings is 1. The van der Waals surface area contributed by atoms with Crippen LogP contribution in [0, 0.1) is 11.3 Å². The number of piperazine rings is 1. The van der Waals surface area contributed by atoms with Gasteiger partial charge in [0.2, 0.25) is 0 Å². The Balaban J connectivity index is 1.89. The summed E-state index contributed by atoms with van der Waals surface area (Å²) >= 11 is 0. The molecule has 20 heavy (non-hydrogen) atoms. The molecule has 4 nitrogen and oxygen atoms in total. The number of hydrogen-bond donors (Lipinski definition) is 0. The zero-order valence-electron chi connectivity index (χ0n) is 12.4. The van der Waals surface area contributed by atoms with Crippen LogP contribution in [0.25, 0.3) is 0 Å². The zero-order chi connectivity index (χ0) is 14.1. The molecule has 0 N–H and O–H groups in total. The maximum absolute atomic E-state index is 9.42. The smallest absolute Gasteiger partial charge is 0.146 e. The molecule has 0 bridgehead atoms. The van der Waals surface area contributed by atoms with Crippen LogP contribution >= 0.6 is 0 Å². The van der Waals surface area contributed by atoms with Crippen LogP contribution in [0.1, 0.15) is 37.1 Å². The van der Waals surface area contributed by atoms with Gasteiger partial charge in [0.25, 0.3) is 0 Å². The fraction of sp³-hybridized carbons (Fsp3) is 0.625. The van der Waals surface area contributed by atoms with Crippen molar-refractivity contribution in [3.8, 4) is 6.07 Å². The van der Waals surface area contributed by atoms with E-state index in [0.717, 1.165) is 50.4 Å². The van der Waals surface area contributed by atoms with Gasteiger partial charge in [0.1, 0.15) is 11.9 Å². The van der Waals surface area contributed by atoms with E-state index in [1.165, 1.54) is 17.7 Å². The zero-order valence-corrected chi connectivity index (χ0v) is 12.4. The summed E-state index contributed by atoms with van der Waals surface area (Å²) < 4.78 is 0. The molecule has 1 saturated heterocycles. The highest BCUT2D eigenvalue weighted by molar-refractivity contribution is 5.57. The van der Waals surface area contributed by atoms with E-state index in [9.17, 15) is 5.26 Å². The lowest BCUT2D eigenvalue weighted by Gasteiger charge is -2.40. The molecule has 1 fully saturated rings. The number of rotatable bonds is 2. The summed E-state index contributed by atoms with van der Waals surface area (Å²) in [6, 6.07) is 4.94. The maximum atomic E-state index is 9.42. The summed E-state index contributed by atoms with van der Waals surface area (Å²) in [6.07, 6.45) is 3.33. The molecular formula is C16H22N4. The van der Waals surface area contributed by atoms with Gasteiger partial charge in [-0.3, -0.25) is 4.90 Å². The average Bonchev–Trinajstić information content (AvgIpc) is 2.92. The topological polar surface area (TPSA) is 43.2 Å². The third kappa shape index (κ3) is 2.27. The lowest BCUT2D eigenvalue weighted by Crippen LogP contribution is -2.52. The maximum Gasteiger partial charge on any atom is 0.146 e. The Kier molecular flexibility index (Phi) is 3.62. The molecule has 0 spiro atoms. The molecule has 1 unspecified atom stereocenters. The number of fused-ring (bicyclic) bond motifs is 1. The van der Waals surface area contributed by atoms with Crippen molar-refractivity contribution >= 4 is 5.82 Å². The quantitative estimate of drug-likeness (QED) is 0.824. The third-order valence-corrected chi connectivity index (χ3v) is 4.62. The Morgan fingerprint density at radius 3 is 2.95 bits per heavy atom. The first-order chi connectivity index (χ1) is 9.72. The van der Waals surface area contributed by atoms with Gasteiger partial charge >= 0.3 is 0 Å². The number of hydrogen-bond acceptors (Lipinski definition) is 4. The predicted molar refractivity (Wildman–Crippen MR) is 79.9 cm³/mol. The van der Waals surface area contributed by atoms with Gasteiger partial charge in [-0.1, -0.05) is 6.92 Å². The molecule has 0 radical (unpaired) electrons. The van der Waals surface area contributed by atoms with Gasteiger partial charge in [-0.2, -0.15) is 5.26 Å². The van der Waals surface area contributed by atoms with Crippen LogP contribution < -0.4 is 4.90 Å². The summed E-state index contributed by atoms with van der Waals surface area (Å²) in [6.45, 7) is 8.56. The van der Waals surface area contributed by atoms with Gasteiger partial charge in [-0.15, -0.1) is 0 Å². The van der Waals surface area contributed by atoms with Gasteiger partial charge < -0.3 is 4.90 Å². The highest BCUT2D eigenvalue weighted by Gasteiger charge is 2.26. The van der Waals surface area contributed by atoms with E-state index in [1.807, 2.05) is 0 Å². The van der Waals surface area contributed by atoms with Crippen molar-refractivity contribution < 1.29 is 0 Å². The predicted octanol–water partition coefficient (Wildman–Crippen LogP) is 1.97. The summed E-state index contributed by atoms with van der Waals surface area (Å²) in [7, 11) is 0. The van der Waals surface area contributed by atoms with Crippen molar-refractivity contribution in [2.24, 2.45) is 0 Å². The van der Waals surface area contributed by atoms with Crippen molar-refractivity contribution in [1.29, 1.82) is 5.26 Å². The number of anilines is 1. The molecule has 1 aliphatic heterocycles. The SMILES string of the molecule is CCN1CCN(c2nc3c(cc2C#N)CCC3)CC1C. The first kappa shape index (κ1) is 13.4. The van der Waals surface area contributed by atoms with Crippen LogP contribution in [-0.2, 0) is 12.8 Å². The summed E-state index contributed by atoms with van der Waals surface area (Å²) in [5.41, 5.74) is 3.25. The molecule has 0 amide bonds. The van der Waals surface area contributed by atoms with E-state index < -0.39 is 0 Å². The Morgan fingerprint density at radius 1 is 1.40 bits per heavy atom. The summed E-state index contributed by atoms with van der Waals surface area (Å²) in [5, 5.41) is 9.42. The molecule has 106 valence electrons. The molecule has 2 aliphatic rings. The van der Waals surface area contributed by atoms with Crippen LogP contribution in [0.2, 0.25) is 0 Å². The van der Waals surface area contributed by atoms with Gasteiger partial charge in [-0.05, 0) is 44.4 Å². The number of likely N-dealkylation sites (N-methyl/N-ethyl adjacent to an activating group) is 1. The lowest BCUT2D eigenvalue weighted by atomic mass is 10.1. The fourth-order valence-electron chi connectivity index (χ4n) is 3.44. The fourth-order valence-corrected chi connectivity index (χ4v) is 3.44. The van der Waals surface area contributed by atoms with Crippen molar-refractivity contribution in [1.82, 2.24) is 9.88 Å². The van der Waals surface area contributed by atoms with E-state index >= 15 is 0 Å². The van der Waals surface area contributed by atoms with Gasteiger partial charge in [0, 0.05) is 31.4 Å². The van der Waals surface area contributed by atoms with E-state index in [-0.39, 0.29) is 0 Å². The molecule has 0 aromatic carbocycles. The van der Waals surface area contributed by atoms with Crippen molar-refractivity contribution in [3.63, 3.8) is 0 Å². The Labute approximate surface area is 121 Å². The summed E-state index contributed by atoms with van der Waals surface area (Å²) in [5.74, 6) is 0.913. The minimum atomic E-state index is 0.523. The molecular weight excluding hydrogens is 248 g/mol. The molecule has 2 heterocycles. The Bertz CT molecular complexity index is 546. The number of nitrogens with zero attached hydrogens (tertiary/aromatic N) is 4. The Hall–Kier alpha value is -1.60. The van der Waals surface area contributed by atoms with Crippen molar-refractivity contribution in [3.05, 3.63) is 22.9 Å². The molecule has 0 saturated carbocycles. The van der Waals surface area contributed by atoms with Crippen molar-refractivity contribution in [2.45, 2.75) is 39.2 Å².